The fourth-order valence-corrected chi connectivity index (χ4v) is 2.57. The molecule has 1 aromatic rings. The molecule has 0 aromatic carbocycles. The molecule has 7 nitrogen and oxygen atoms in total. The zero-order valence-electron chi connectivity index (χ0n) is 11.2. The molecule has 0 radical (unpaired) electrons. The third kappa shape index (κ3) is 4.17. The maximum atomic E-state index is 11.9. The minimum atomic E-state index is -3.61. The van der Waals surface area contributed by atoms with Gasteiger partial charge in [-0.1, -0.05) is 0 Å². The van der Waals surface area contributed by atoms with Crippen LogP contribution in [-0.4, -0.2) is 38.9 Å². The minimum Gasteiger partial charge on any atom is -0.373 e. The van der Waals surface area contributed by atoms with Gasteiger partial charge in [-0.15, -0.1) is 0 Å². The zero-order valence-corrected chi connectivity index (χ0v) is 12.0. The summed E-state index contributed by atoms with van der Waals surface area (Å²) in [6, 6.07) is 3.33. The number of nitrogens with zero attached hydrogens (tertiary/aromatic N) is 1. The second-order valence-electron chi connectivity index (χ2n) is 4.62. The lowest BCUT2D eigenvalue weighted by Gasteiger charge is -2.07. The highest BCUT2D eigenvalue weighted by Crippen LogP contribution is 2.18. The number of aromatic nitrogens is 1. The number of amides is 1. The van der Waals surface area contributed by atoms with Gasteiger partial charge in [0.2, 0.25) is 15.9 Å². The van der Waals surface area contributed by atoms with Gasteiger partial charge < -0.3 is 10.6 Å². The molecule has 110 valence electrons. The highest BCUT2D eigenvalue weighted by molar-refractivity contribution is 7.89. The first-order valence-corrected chi connectivity index (χ1v) is 7.92. The average Bonchev–Trinajstić information content (AvgIpc) is 3.22. The fraction of sp³-hybridized carbons (Fsp3) is 0.500. The van der Waals surface area contributed by atoms with E-state index in [1.54, 1.807) is 13.1 Å². The number of pyridine rings is 1. The Morgan fingerprint density at radius 2 is 2.15 bits per heavy atom. The van der Waals surface area contributed by atoms with E-state index in [2.05, 4.69) is 20.3 Å². The zero-order chi connectivity index (χ0) is 14.6. The fourth-order valence-electron chi connectivity index (χ4n) is 1.60. The van der Waals surface area contributed by atoms with E-state index in [0.29, 0.717) is 5.82 Å². The molecule has 1 heterocycles. The number of hydrogen-bond acceptors (Lipinski definition) is 5. The van der Waals surface area contributed by atoms with Gasteiger partial charge in [0.25, 0.3) is 0 Å². The quantitative estimate of drug-likeness (QED) is 0.661. The van der Waals surface area contributed by atoms with E-state index >= 15 is 0 Å². The molecule has 2 rings (SSSR count). The molecule has 1 aliphatic carbocycles. The highest BCUT2D eigenvalue weighted by Gasteiger charge is 2.23. The molecule has 0 atom stereocenters. The Morgan fingerprint density at radius 3 is 2.70 bits per heavy atom. The Bertz CT molecular complexity index is 567. The third-order valence-electron chi connectivity index (χ3n) is 2.89. The molecule has 1 amide bonds. The Labute approximate surface area is 118 Å². The van der Waals surface area contributed by atoms with Crippen molar-refractivity contribution in [3.8, 4) is 0 Å². The standard InChI is InChI=1S/C12H18N4O3S/c1-13-11-5-4-10(8-14-11)20(18,19)15-7-6-12(17)16-9-2-3-9/h4-5,8-9,15H,2-3,6-7H2,1H3,(H,13,14)(H,16,17). The number of carbonyl (C=O) groups excluding carboxylic acids is 1. The van der Waals surface area contributed by atoms with Crippen LogP contribution in [0.4, 0.5) is 5.82 Å². The van der Waals surface area contributed by atoms with Crippen LogP contribution in [0.3, 0.4) is 0 Å². The van der Waals surface area contributed by atoms with Gasteiger partial charge in [-0.3, -0.25) is 4.79 Å². The van der Waals surface area contributed by atoms with Crippen LogP contribution < -0.4 is 15.4 Å². The molecular formula is C12H18N4O3S. The number of carbonyl (C=O) groups is 1. The largest absolute Gasteiger partial charge is 0.373 e. The van der Waals surface area contributed by atoms with E-state index in [1.807, 2.05) is 0 Å². The summed E-state index contributed by atoms with van der Waals surface area (Å²) < 4.78 is 26.3. The van der Waals surface area contributed by atoms with E-state index < -0.39 is 10.0 Å². The second kappa shape index (κ2) is 6.19. The van der Waals surface area contributed by atoms with Crippen molar-refractivity contribution < 1.29 is 13.2 Å². The molecule has 0 aliphatic heterocycles. The summed E-state index contributed by atoms with van der Waals surface area (Å²) in [6.45, 7) is 0.0780. The first kappa shape index (κ1) is 14.7. The minimum absolute atomic E-state index is 0.0780. The van der Waals surface area contributed by atoms with Crippen LogP contribution in [0.5, 0.6) is 0 Å². The number of sulfonamides is 1. The van der Waals surface area contributed by atoms with Crippen molar-refractivity contribution in [3.63, 3.8) is 0 Å². The van der Waals surface area contributed by atoms with Crippen LogP contribution in [0.2, 0.25) is 0 Å². The topological polar surface area (TPSA) is 100 Å². The number of hydrogen-bond donors (Lipinski definition) is 3. The second-order valence-corrected chi connectivity index (χ2v) is 6.39. The van der Waals surface area contributed by atoms with Gasteiger partial charge in [0.05, 0.1) is 0 Å². The molecule has 1 aromatic heterocycles. The van der Waals surface area contributed by atoms with Crippen LogP contribution in [0.15, 0.2) is 23.2 Å². The Hall–Kier alpha value is -1.67. The van der Waals surface area contributed by atoms with Gasteiger partial charge in [-0.2, -0.15) is 0 Å². The predicted octanol–water partition coefficient (Wildman–Crippen LogP) is 0.0703. The van der Waals surface area contributed by atoms with Crippen LogP contribution in [0, 0.1) is 0 Å². The molecule has 1 aliphatic rings. The third-order valence-corrected chi connectivity index (χ3v) is 4.34. The lowest BCUT2D eigenvalue weighted by molar-refractivity contribution is -0.121. The van der Waals surface area contributed by atoms with Crippen LogP contribution in [-0.2, 0) is 14.8 Å². The SMILES string of the molecule is CNc1ccc(S(=O)(=O)NCCC(=O)NC2CC2)cn1. The van der Waals surface area contributed by atoms with E-state index in [0.717, 1.165) is 12.8 Å². The molecule has 20 heavy (non-hydrogen) atoms. The van der Waals surface area contributed by atoms with Gasteiger partial charge in [0, 0.05) is 32.3 Å². The van der Waals surface area contributed by atoms with E-state index in [-0.39, 0.29) is 29.8 Å². The number of anilines is 1. The molecule has 0 unspecified atom stereocenters. The van der Waals surface area contributed by atoms with Crippen LogP contribution in [0.25, 0.3) is 0 Å². The van der Waals surface area contributed by atoms with E-state index in [9.17, 15) is 13.2 Å². The van der Waals surface area contributed by atoms with Crippen molar-refractivity contribution in [2.75, 3.05) is 18.9 Å². The van der Waals surface area contributed by atoms with Crippen LogP contribution in [0.1, 0.15) is 19.3 Å². The Kier molecular flexibility index (Phi) is 4.56. The molecule has 1 fully saturated rings. The summed E-state index contributed by atoms with van der Waals surface area (Å²) in [5.41, 5.74) is 0. The van der Waals surface area contributed by atoms with Crippen molar-refractivity contribution in [2.24, 2.45) is 0 Å². The van der Waals surface area contributed by atoms with Crippen molar-refractivity contribution in [2.45, 2.75) is 30.2 Å². The lowest BCUT2D eigenvalue weighted by atomic mass is 10.4. The molecule has 1 saturated carbocycles. The Balaban J connectivity index is 1.84. The Morgan fingerprint density at radius 1 is 1.40 bits per heavy atom. The number of rotatable bonds is 7. The predicted molar refractivity (Wildman–Crippen MR) is 74.8 cm³/mol. The maximum Gasteiger partial charge on any atom is 0.242 e. The maximum absolute atomic E-state index is 11.9. The summed E-state index contributed by atoms with van der Waals surface area (Å²) >= 11 is 0. The number of nitrogens with one attached hydrogen (secondary N) is 3. The van der Waals surface area contributed by atoms with Crippen molar-refractivity contribution in [1.82, 2.24) is 15.0 Å². The van der Waals surface area contributed by atoms with E-state index in [4.69, 9.17) is 0 Å². The van der Waals surface area contributed by atoms with E-state index in [1.165, 1.54) is 12.3 Å². The van der Waals surface area contributed by atoms with Crippen LogP contribution >= 0.6 is 0 Å². The summed E-state index contributed by atoms with van der Waals surface area (Å²) in [4.78, 5) is 15.5. The van der Waals surface area contributed by atoms with Gasteiger partial charge in [-0.05, 0) is 25.0 Å². The highest BCUT2D eigenvalue weighted by atomic mass is 32.2. The molecule has 3 N–H and O–H groups in total. The van der Waals surface area contributed by atoms with Gasteiger partial charge in [-0.25, -0.2) is 18.1 Å². The van der Waals surface area contributed by atoms with Crippen molar-refractivity contribution in [1.29, 1.82) is 0 Å². The first-order chi connectivity index (χ1) is 9.51. The summed E-state index contributed by atoms with van der Waals surface area (Å²) in [7, 11) is -1.91. The molecule has 0 spiro atoms. The van der Waals surface area contributed by atoms with Gasteiger partial charge >= 0.3 is 0 Å². The monoisotopic (exact) mass is 298 g/mol. The molecule has 0 bridgehead atoms. The van der Waals surface area contributed by atoms with Gasteiger partial charge in [0.15, 0.2) is 0 Å². The molecule has 0 saturated heterocycles. The lowest BCUT2D eigenvalue weighted by Crippen LogP contribution is -2.31. The smallest absolute Gasteiger partial charge is 0.242 e. The van der Waals surface area contributed by atoms with Gasteiger partial charge in [0.1, 0.15) is 10.7 Å². The average molecular weight is 298 g/mol. The summed E-state index contributed by atoms with van der Waals surface area (Å²) in [5, 5.41) is 5.61. The van der Waals surface area contributed by atoms with Crippen molar-refractivity contribution >= 4 is 21.7 Å². The van der Waals surface area contributed by atoms with Crippen molar-refractivity contribution in [3.05, 3.63) is 18.3 Å². The molecular weight excluding hydrogens is 280 g/mol. The normalized spacial score (nSPS) is 14.8. The molecule has 8 heteroatoms. The summed E-state index contributed by atoms with van der Waals surface area (Å²) in [6.07, 6.45) is 3.44. The summed E-state index contributed by atoms with van der Waals surface area (Å²) in [5.74, 6) is 0.464. The first-order valence-electron chi connectivity index (χ1n) is 6.44.